The van der Waals surface area contributed by atoms with E-state index in [9.17, 15) is 9.59 Å². The third kappa shape index (κ3) is 4.16. The minimum Gasteiger partial charge on any atom is -0.481 e. The monoisotopic (exact) mass is 371 g/mol. The van der Waals surface area contributed by atoms with Gasteiger partial charge in [-0.15, -0.1) is 11.3 Å². The average molecular weight is 371 g/mol. The lowest BCUT2D eigenvalue weighted by Gasteiger charge is -2.06. The number of aryl methyl sites for hydroxylation is 3. The van der Waals surface area contributed by atoms with Crippen LogP contribution in [0.5, 0.6) is 0 Å². The molecule has 0 fully saturated rings. The van der Waals surface area contributed by atoms with Crippen LogP contribution >= 0.6 is 11.3 Å². The quantitative estimate of drug-likeness (QED) is 0.690. The molecule has 0 aromatic carbocycles. The largest absolute Gasteiger partial charge is 0.481 e. The van der Waals surface area contributed by atoms with Crippen LogP contribution < -0.4 is 5.56 Å². The Morgan fingerprint density at radius 1 is 1.31 bits per heavy atom. The predicted octanol–water partition coefficient (Wildman–Crippen LogP) is 3.08. The topological polar surface area (TPSA) is 84.6 Å². The zero-order valence-corrected chi connectivity index (χ0v) is 15.6. The molecule has 0 saturated carbocycles. The van der Waals surface area contributed by atoms with Crippen molar-refractivity contribution >= 4 is 23.0 Å². The highest BCUT2D eigenvalue weighted by Gasteiger charge is 2.09. The Morgan fingerprint density at radius 2 is 2.12 bits per heavy atom. The van der Waals surface area contributed by atoms with E-state index in [4.69, 9.17) is 5.11 Å². The smallest absolute Gasteiger partial charge is 0.303 e. The van der Waals surface area contributed by atoms with Gasteiger partial charge in [0.15, 0.2) is 0 Å². The number of pyridine rings is 1. The number of aliphatic carboxylic acids is 1. The second-order valence-electron chi connectivity index (χ2n) is 6.57. The molecule has 0 aliphatic heterocycles. The third-order valence-corrected chi connectivity index (χ3v) is 5.17. The van der Waals surface area contributed by atoms with Gasteiger partial charge in [-0.1, -0.05) is 13.8 Å². The van der Waals surface area contributed by atoms with Crippen molar-refractivity contribution < 1.29 is 9.90 Å². The molecule has 1 N–H and O–H groups in total. The van der Waals surface area contributed by atoms with Gasteiger partial charge in [0.2, 0.25) is 0 Å². The molecule has 0 spiro atoms. The molecule has 0 atom stereocenters. The first-order valence-electron chi connectivity index (χ1n) is 8.59. The van der Waals surface area contributed by atoms with Crippen molar-refractivity contribution in [2.24, 2.45) is 0 Å². The Morgan fingerprint density at radius 3 is 2.81 bits per heavy atom. The van der Waals surface area contributed by atoms with Crippen LogP contribution in [0.1, 0.15) is 48.0 Å². The van der Waals surface area contributed by atoms with Crippen molar-refractivity contribution in [1.82, 2.24) is 14.4 Å². The van der Waals surface area contributed by atoms with Gasteiger partial charge in [-0.25, -0.2) is 9.97 Å². The first-order chi connectivity index (χ1) is 12.4. The summed E-state index contributed by atoms with van der Waals surface area (Å²) in [6.45, 7) is 4.27. The van der Waals surface area contributed by atoms with Crippen molar-refractivity contribution in [2.75, 3.05) is 0 Å². The molecule has 0 unspecified atom stereocenters. The molecule has 0 aliphatic rings. The van der Waals surface area contributed by atoms with Crippen molar-refractivity contribution in [2.45, 2.75) is 45.4 Å². The highest BCUT2D eigenvalue weighted by atomic mass is 32.1. The molecule has 7 heteroatoms. The van der Waals surface area contributed by atoms with Gasteiger partial charge in [-0.3, -0.25) is 14.0 Å². The summed E-state index contributed by atoms with van der Waals surface area (Å²) in [7, 11) is 0. The maximum Gasteiger partial charge on any atom is 0.303 e. The first kappa shape index (κ1) is 18.3. The van der Waals surface area contributed by atoms with Crippen LogP contribution in [-0.4, -0.2) is 25.4 Å². The van der Waals surface area contributed by atoms with E-state index < -0.39 is 5.97 Å². The molecule has 0 aliphatic carbocycles. The molecule has 0 radical (unpaired) electrons. The lowest BCUT2D eigenvalue weighted by atomic mass is 10.1. The number of aromatic nitrogens is 3. The van der Waals surface area contributed by atoms with Crippen LogP contribution in [0.4, 0.5) is 0 Å². The second kappa shape index (κ2) is 7.78. The number of carboxylic acid groups (broad SMARTS) is 1. The number of rotatable bonds is 7. The Bertz CT molecular complexity index is 991. The summed E-state index contributed by atoms with van der Waals surface area (Å²) < 4.78 is 1.47. The summed E-state index contributed by atoms with van der Waals surface area (Å²) in [4.78, 5) is 32.1. The number of nitrogens with zero attached hydrogens (tertiary/aromatic N) is 3. The summed E-state index contributed by atoms with van der Waals surface area (Å²) >= 11 is 1.68. The van der Waals surface area contributed by atoms with E-state index in [1.54, 1.807) is 17.5 Å². The van der Waals surface area contributed by atoms with Crippen LogP contribution in [-0.2, 0) is 24.1 Å². The number of hydrogen-bond acceptors (Lipinski definition) is 5. The summed E-state index contributed by atoms with van der Waals surface area (Å²) in [5.41, 5.74) is 3.02. The van der Waals surface area contributed by atoms with Gasteiger partial charge in [-0.05, 0) is 36.5 Å². The molecule has 0 saturated heterocycles. The highest BCUT2D eigenvalue weighted by Crippen LogP contribution is 2.19. The number of hydrogen-bond donors (Lipinski definition) is 1. The minimum atomic E-state index is -0.923. The lowest BCUT2D eigenvalue weighted by Crippen LogP contribution is -2.20. The van der Waals surface area contributed by atoms with E-state index in [1.165, 1.54) is 10.6 Å². The number of carboxylic acids is 1. The molecule has 6 nitrogen and oxygen atoms in total. The van der Waals surface area contributed by atoms with Crippen LogP contribution in [0.15, 0.2) is 34.7 Å². The maximum atomic E-state index is 12.4. The summed E-state index contributed by atoms with van der Waals surface area (Å²) in [5.74, 6) is -0.486. The standard InChI is InChI=1S/C19H21N3O3S/c1-12(2)15-11-26-17(21-15)5-3-13-7-8-22-16(9-13)20-10-14(19(22)25)4-6-18(23)24/h7-12H,3-6H2,1-2H3,(H,23,24). The summed E-state index contributed by atoms with van der Waals surface area (Å²) in [6, 6.07) is 3.81. The number of fused-ring (bicyclic) bond motifs is 1. The zero-order chi connectivity index (χ0) is 18.7. The molecule has 0 amide bonds. The van der Waals surface area contributed by atoms with Crippen LogP contribution in [0.2, 0.25) is 0 Å². The molecule has 3 rings (SSSR count). The highest BCUT2D eigenvalue weighted by molar-refractivity contribution is 7.09. The SMILES string of the molecule is CC(C)c1csc(CCc2ccn3c(=O)c(CCC(=O)O)cnc3c2)n1. The third-order valence-electron chi connectivity index (χ3n) is 4.24. The average Bonchev–Trinajstić information content (AvgIpc) is 3.08. The summed E-state index contributed by atoms with van der Waals surface area (Å²) in [5, 5.41) is 12.0. The van der Waals surface area contributed by atoms with E-state index in [0.29, 0.717) is 17.1 Å². The Balaban J connectivity index is 1.75. The molecule has 0 bridgehead atoms. The van der Waals surface area contributed by atoms with Crippen molar-refractivity contribution in [3.8, 4) is 0 Å². The van der Waals surface area contributed by atoms with Crippen molar-refractivity contribution in [1.29, 1.82) is 0 Å². The van der Waals surface area contributed by atoms with Gasteiger partial charge in [0, 0.05) is 36.2 Å². The van der Waals surface area contributed by atoms with Crippen molar-refractivity contribution in [3.05, 3.63) is 62.1 Å². The molecule has 26 heavy (non-hydrogen) atoms. The number of thiazole rings is 1. The predicted molar refractivity (Wildman–Crippen MR) is 101 cm³/mol. The van der Waals surface area contributed by atoms with Gasteiger partial charge in [0.25, 0.3) is 5.56 Å². The van der Waals surface area contributed by atoms with Crippen molar-refractivity contribution in [3.63, 3.8) is 0 Å². The molecule has 3 aromatic heterocycles. The normalized spacial score (nSPS) is 11.3. The fourth-order valence-corrected chi connectivity index (χ4v) is 3.64. The van der Waals surface area contributed by atoms with Gasteiger partial charge >= 0.3 is 5.97 Å². The van der Waals surface area contributed by atoms with Crippen LogP contribution in [0.25, 0.3) is 5.65 Å². The fraction of sp³-hybridized carbons (Fsp3) is 0.368. The first-order valence-corrected chi connectivity index (χ1v) is 9.47. The summed E-state index contributed by atoms with van der Waals surface area (Å²) in [6.07, 6.45) is 5.00. The van der Waals surface area contributed by atoms with Crippen LogP contribution in [0.3, 0.4) is 0 Å². The molecular formula is C19H21N3O3S. The van der Waals surface area contributed by atoms with E-state index in [-0.39, 0.29) is 18.4 Å². The fourth-order valence-electron chi connectivity index (χ4n) is 2.68. The van der Waals surface area contributed by atoms with Gasteiger partial charge < -0.3 is 5.11 Å². The van der Waals surface area contributed by atoms with E-state index in [1.807, 2.05) is 12.1 Å². The molecule has 136 valence electrons. The van der Waals surface area contributed by atoms with Gasteiger partial charge in [0.1, 0.15) is 5.65 Å². The van der Waals surface area contributed by atoms with Crippen LogP contribution in [0, 0.1) is 0 Å². The maximum absolute atomic E-state index is 12.4. The molecular weight excluding hydrogens is 350 g/mol. The number of carbonyl (C=O) groups is 1. The minimum absolute atomic E-state index is 0.0761. The van der Waals surface area contributed by atoms with E-state index in [2.05, 4.69) is 29.2 Å². The van der Waals surface area contributed by atoms with E-state index in [0.717, 1.165) is 29.1 Å². The zero-order valence-electron chi connectivity index (χ0n) is 14.8. The lowest BCUT2D eigenvalue weighted by molar-refractivity contribution is -0.136. The van der Waals surface area contributed by atoms with Gasteiger partial charge in [-0.2, -0.15) is 0 Å². The van der Waals surface area contributed by atoms with E-state index >= 15 is 0 Å². The Labute approximate surface area is 155 Å². The van der Waals surface area contributed by atoms with Gasteiger partial charge in [0.05, 0.1) is 10.7 Å². The molecule has 3 aromatic rings. The Kier molecular flexibility index (Phi) is 5.46. The second-order valence-corrected chi connectivity index (χ2v) is 7.51. The molecule has 3 heterocycles. The Hall–Kier alpha value is -2.54.